The number of rotatable bonds is 4. The van der Waals surface area contributed by atoms with Crippen LogP contribution in [0.2, 0.25) is 0 Å². The summed E-state index contributed by atoms with van der Waals surface area (Å²) in [7, 11) is 0. The van der Waals surface area contributed by atoms with E-state index in [4.69, 9.17) is 5.73 Å². The summed E-state index contributed by atoms with van der Waals surface area (Å²) < 4.78 is 0. The van der Waals surface area contributed by atoms with E-state index in [0.29, 0.717) is 10.6 Å². The molecular formula is C19H21N5OS. The summed E-state index contributed by atoms with van der Waals surface area (Å²) in [6.45, 7) is 6.47. The van der Waals surface area contributed by atoms with Gasteiger partial charge in [0.25, 0.3) is 5.91 Å². The number of hydrogen-bond acceptors (Lipinski definition) is 6. The molecule has 0 radical (unpaired) electrons. The maximum absolute atomic E-state index is 12.7. The van der Waals surface area contributed by atoms with E-state index >= 15 is 0 Å². The smallest absolute Gasteiger partial charge is 0.263 e. The highest BCUT2D eigenvalue weighted by Crippen LogP contribution is 2.34. The molecule has 4 rings (SSSR count). The molecule has 134 valence electrons. The number of amides is 1. The van der Waals surface area contributed by atoms with Crippen LogP contribution in [0.4, 0.5) is 5.69 Å². The molecule has 0 unspecified atom stereocenters. The van der Waals surface area contributed by atoms with E-state index in [1.165, 1.54) is 16.9 Å². The summed E-state index contributed by atoms with van der Waals surface area (Å²) in [6.07, 6.45) is 0. The third kappa shape index (κ3) is 3.04. The van der Waals surface area contributed by atoms with Gasteiger partial charge in [-0.05, 0) is 25.0 Å². The summed E-state index contributed by atoms with van der Waals surface area (Å²) in [5.41, 5.74) is 9.87. The molecule has 0 aliphatic carbocycles. The average Bonchev–Trinajstić information content (AvgIpc) is 2.94. The first-order valence-electron chi connectivity index (χ1n) is 8.62. The Balaban J connectivity index is 1.41. The summed E-state index contributed by atoms with van der Waals surface area (Å²) in [6, 6.07) is 10.5. The molecule has 7 heteroatoms. The van der Waals surface area contributed by atoms with Gasteiger partial charge in [0.05, 0.1) is 17.4 Å². The Morgan fingerprint density at radius 3 is 2.73 bits per heavy atom. The van der Waals surface area contributed by atoms with Gasteiger partial charge in [-0.15, -0.1) is 16.4 Å². The van der Waals surface area contributed by atoms with Crippen molar-refractivity contribution in [1.82, 2.24) is 20.4 Å². The third-order valence-corrected chi connectivity index (χ3v) is 5.97. The summed E-state index contributed by atoms with van der Waals surface area (Å²) in [5, 5.41) is 12.2. The molecule has 0 spiro atoms. The van der Waals surface area contributed by atoms with Crippen LogP contribution in [0, 0.1) is 13.8 Å². The number of thiophene rings is 1. The molecule has 0 bridgehead atoms. The van der Waals surface area contributed by atoms with Gasteiger partial charge in [0.1, 0.15) is 9.71 Å². The van der Waals surface area contributed by atoms with Crippen molar-refractivity contribution in [3.05, 3.63) is 52.0 Å². The molecular weight excluding hydrogens is 346 g/mol. The van der Waals surface area contributed by atoms with Gasteiger partial charge in [0, 0.05) is 25.0 Å². The van der Waals surface area contributed by atoms with E-state index in [0.717, 1.165) is 41.1 Å². The van der Waals surface area contributed by atoms with Crippen molar-refractivity contribution in [2.45, 2.75) is 26.4 Å². The minimum atomic E-state index is -0.119. The zero-order chi connectivity index (χ0) is 18.3. The predicted molar refractivity (Wildman–Crippen MR) is 104 cm³/mol. The Bertz CT molecular complexity index is 963. The van der Waals surface area contributed by atoms with Gasteiger partial charge in [-0.3, -0.25) is 9.69 Å². The molecule has 1 saturated heterocycles. The van der Waals surface area contributed by atoms with Crippen LogP contribution in [0.25, 0.3) is 10.2 Å². The van der Waals surface area contributed by atoms with Gasteiger partial charge in [0.2, 0.25) is 0 Å². The van der Waals surface area contributed by atoms with E-state index in [-0.39, 0.29) is 11.9 Å². The summed E-state index contributed by atoms with van der Waals surface area (Å²) >= 11 is 1.31. The molecule has 26 heavy (non-hydrogen) atoms. The molecule has 3 N–H and O–H groups in total. The van der Waals surface area contributed by atoms with E-state index in [1.807, 2.05) is 32.0 Å². The first-order valence-corrected chi connectivity index (χ1v) is 9.43. The summed E-state index contributed by atoms with van der Waals surface area (Å²) in [5.74, 6) is -0.119. The number of nitrogen functional groups attached to an aromatic ring is 1. The van der Waals surface area contributed by atoms with Gasteiger partial charge in [-0.2, -0.15) is 5.10 Å². The van der Waals surface area contributed by atoms with Crippen LogP contribution in [-0.4, -0.2) is 40.1 Å². The van der Waals surface area contributed by atoms with Crippen LogP contribution in [-0.2, 0) is 6.54 Å². The Morgan fingerprint density at radius 1 is 1.27 bits per heavy atom. The van der Waals surface area contributed by atoms with E-state index in [1.54, 1.807) is 0 Å². The number of benzene rings is 1. The van der Waals surface area contributed by atoms with Gasteiger partial charge in [-0.25, -0.2) is 0 Å². The highest BCUT2D eigenvalue weighted by molar-refractivity contribution is 7.21. The Hall–Kier alpha value is -2.51. The lowest BCUT2D eigenvalue weighted by Crippen LogP contribution is -2.58. The van der Waals surface area contributed by atoms with Crippen LogP contribution < -0.4 is 11.1 Å². The molecule has 2 aromatic heterocycles. The molecule has 0 saturated carbocycles. The number of likely N-dealkylation sites (tertiary alicyclic amines) is 1. The molecule has 1 fully saturated rings. The second-order valence-corrected chi connectivity index (χ2v) is 7.78. The fourth-order valence-electron chi connectivity index (χ4n) is 3.29. The normalized spacial score (nSPS) is 15.2. The highest BCUT2D eigenvalue weighted by atomic mass is 32.1. The number of nitrogens with zero attached hydrogens (tertiary/aromatic N) is 3. The zero-order valence-electron chi connectivity index (χ0n) is 14.8. The van der Waals surface area contributed by atoms with Crippen molar-refractivity contribution in [3.8, 4) is 0 Å². The maximum Gasteiger partial charge on any atom is 0.263 e. The molecule has 1 aliphatic rings. The van der Waals surface area contributed by atoms with Crippen molar-refractivity contribution in [3.63, 3.8) is 0 Å². The lowest BCUT2D eigenvalue weighted by molar-refractivity contribution is 0.0799. The molecule has 6 nitrogen and oxygen atoms in total. The number of aryl methyl sites for hydroxylation is 2. The molecule has 3 aromatic rings. The lowest BCUT2D eigenvalue weighted by Gasteiger charge is -2.39. The van der Waals surface area contributed by atoms with Crippen LogP contribution >= 0.6 is 11.3 Å². The topological polar surface area (TPSA) is 84.1 Å². The number of carbonyl (C=O) groups is 1. The summed E-state index contributed by atoms with van der Waals surface area (Å²) in [4.78, 5) is 16.2. The van der Waals surface area contributed by atoms with Gasteiger partial charge in [-0.1, -0.05) is 30.3 Å². The molecule has 3 heterocycles. The second-order valence-electron chi connectivity index (χ2n) is 6.79. The van der Waals surface area contributed by atoms with Gasteiger partial charge >= 0.3 is 0 Å². The van der Waals surface area contributed by atoms with Crippen molar-refractivity contribution < 1.29 is 4.79 Å². The standard InChI is InChI=1S/C19H21N5OS/c1-11-12(2)22-23-19-15(11)16(20)17(26-19)18(25)21-14-9-24(10-14)8-13-6-4-3-5-7-13/h3-7,14H,8-10,20H2,1-2H3,(H,21,25). The fourth-order valence-corrected chi connectivity index (χ4v) is 4.30. The number of fused-ring (bicyclic) bond motifs is 1. The maximum atomic E-state index is 12.7. The first kappa shape index (κ1) is 16.9. The third-order valence-electron chi connectivity index (χ3n) is 4.88. The molecule has 1 amide bonds. The van der Waals surface area contributed by atoms with Crippen LogP contribution in [0.15, 0.2) is 30.3 Å². The number of carbonyl (C=O) groups excluding carboxylic acids is 1. The number of hydrogen-bond donors (Lipinski definition) is 2. The van der Waals surface area contributed by atoms with Crippen LogP contribution in [0.5, 0.6) is 0 Å². The number of nitrogens with two attached hydrogens (primary N) is 1. The minimum Gasteiger partial charge on any atom is -0.397 e. The van der Waals surface area contributed by atoms with Crippen molar-refractivity contribution in [1.29, 1.82) is 0 Å². The second kappa shape index (κ2) is 6.66. The van der Waals surface area contributed by atoms with Crippen LogP contribution in [0.3, 0.4) is 0 Å². The average molecular weight is 367 g/mol. The fraction of sp³-hybridized carbons (Fsp3) is 0.316. The van der Waals surface area contributed by atoms with Crippen molar-refractivity contribution in [2.75, 3.05) is 18.8 Å². The molecule has 1 aliphatic heterocycles. The van der Waals surface area contributed by atoms with Crippen LogP contribution in [0.1, 0.15) is 26.5 Å². The number of anilines is 1. The lowest BCUT2D eigenvalue weighted by atomic mass is 10.1. The molecule has 0 atom stereocenters. The Morgan fingerprint density at radius 2 is 2.00 bits per heavy atom. The van der Waals surface area contributed by atoms with E-state index in [9.17, 15) is 4.79 Å². The quantitative estimate of drug-likeness (QED) is 0.740. The van der Waals surface area contributed by atoms with Crippen molar-refractivity contribution >= 4 is 33.1 Å². The van der Waals surface area contributed by atoms with E-state index in [2.05, 4.69) is 32.5 Å². The van der Waals surface area contributed by atoms with Gasteiger partial charge < -0.3 is 11.1 Å². The zero-order valence-corrected chi connectivity index (χ0v) is 15.6. The largest absolute Gasteiger partial charge is 0.397 e. The Kier molecular flexibility index (Phi) is 4.34. The first-order chi connectivity index (χ1) is 12.5. The SMILES string of the molecule is Cc1nnc2sc(C(=O)NC3CN(Cc4ccccc4)C3)c(N)c2c1C. The van der Waals surface area contributed by atoms with E-state index < -0.39 is 0 Å². The van der Waals surface area contributed by atoms with Gasteiger partial charge in [0.15, 0.2) is 0 Å². The number of aromatic nitrogens is 2. The number of nitrogens with one attached hydrogen (secondary N) is 1. The monoisotopic (exact) mass is 367 g/mol. The Labute approximate surface area is 156 Å². The minimum absolute atomic E-state index is 0.119. The predicted octanol–water partition coefficient (Wildman–Crippen LogP) is 2.50. The molecule has 1 aromatic carbocycles. The van der Waals surface area contributed by atoms with Crippen molar-refractivity contribution in [2.24, 2.45) is 0 Å². The highest BCUT2D eigenvalue weighted by Gasteiger charge is 2.29.